The molecule has 2 atom stereocenters. The molecular formula is C13H14BrNO3S. The number of amides is 1. The highest BCUT2D eigenvalue weighted by molar-refractivity contribution is 9.10. The van der Waals surface area contributed by atoms with E-state index in [0.29, 0.717) is 11.3 Å². The highest BCUT2D eigenvalue weighted by Crippen LogP contribution is 2.31. The number of hydrogen-bond acceptors (Lipinski definition) is 3. The van der Waals surface area contributed by atoms with Gasteiger partial charge in [0.2, 0.25) is 0 Å². The van der Waals surface area contributed by atoms with E-state index in [1.54, 1.807) is 12.1 Å². The average Bonchev–Trinajstić information content (AvgIpc) is 2.70. The standard InChI is InChI=1S/C13H14BrNO3S/c1-7-5-9(14)3-4-10(7)12(16)15-8(2)19-6-11(15)13(17)18/h3-5,8,11H,6H2,1-2H3,(H,17,18). The van der Waals surface area contributed by atoms with Crippen LogP contribution in [0.4, 0.5) is 0 Å². The Hall–Kier alpha value is -1.01. The fraction of sp³-hybridized carbons (Fsp3) is 0.385. The van der Waals surface area contributed by atoms with Gasteiger partial charge in [-0.2, -0.15) is 0 Å². The molecule has 0 saturated carbocycles. The number of aryl methyl sites for hydroxylation is 1. The number of carboxylic acid groups (broad SMARTS) is 1. The van der Waals surface area contributed by atoms with E-state index < -0.39 is 12.0 Å². The number of halogens is 1. The quantitative estimate of drug-likeness (QED) is 0.896. The van der Waals surface area contributed by atoms with E-state index in [1.807, 2.05) is 19.9 Å². The minimum Gasteiger partial charge on any atom is -0.480 e. The number of carbonyl (C=O) groups is 2. The Morgan fingerprint density at radius 2 is 2.16 bits per heavy atom. The Labute approximate surface area is 124 Å². The maximum Gasteiger partial charge on any atom is 0.327 e. The summed E-state index contributed by atoms with van der Waals surface area (Å²) >= 11 is 4.84. The lowest BCUT2D eigenvalue weighted by atomic mass is 10.1. The van der Waals surface area contributed by atoms with Crippen molar-refractivity contribution in [2.24, 2.45) is 0 Å². The Balaban J connectivity index is 2.34. The molecule has 0 spiro atoms. The minimum absolute atomic E-state index is 0.114. The van der Waals surface area contributed by atoms with E-state index in [0.717, 1.165) is 10.0 Å². The van der Waals surface area contributed by atoms with Crippen LogP contribution in [-0.4, -0.2) is 39.1 Å². The van der Waals surface area contributed by atoms with Gasteiger partial charge in [-0.15, -0.1) is 11.8 Å². The lowest BCUT2D eigenvalue weighted by Crippen LogP contribution is -2.45. The smallest absolute Gasteiger partial charge is 0.327 e. The van der Waals surface area contributed by atoms with E-state index in [-0.39, 0.29) is 11.3 Å². The number of aliphatic carboxylic acids is 1. The molecule has 2 rings (SSSR count). The van der Waals surface area contributed by atoms with Crippen molar-refractivity contribution in [3.8, 4) is 0 Å². The zero-order valence-corrected chi connectivity index (χ0v) is 13.0. The van der Waals surface area contributed by atoms with Gasteiger partial charge in [0.15, 0.2) is 0 Å². The monoisotopic (exact) mass is 343 g/mol. The van der Waals surface area contributed by atoms with Crippen molar-refractivity contribution in [2.45, 2.75) is 25.3 Å². The van der Waals surface area contributed by atoms with Gasteiger partial charge in [-0.05, 0) is 37.6 Å². The Kier molecular flexibility index (Phi) is 4.20. The summed E-state index contributed by atoms with van der Waals surface area (Å²) in [4.78, 5) is 25.2. The van der Waals surface area contributed by atoms with Gasteiger partial charge in [0.05, 0.1) is 5.37 Å². The maximum absolute atomic E-state index is 12.5. The van der Waals surface area contributed by atoms with Crippen LogP contribution in [0.3, 0.4) is 0 Å². The van der Waals surface area contributed by atoms with E-state index in [4.69, 9.17) is 0 Å². The van der Waals surface area contributed by atoms with Gasteiger partial charge >= 0.3 is 5.97 Å². The third-order valence-corrected chi connectivity index (χ3v) is 4.87. The molecule has 1 saturated heterocycles. The highest BCUT2D eigenvalue weighted by atomic mass is 79.9. The van der Waals surface area contributed by atoms with Crippen LogP contribution >= 0.6 is 27.7 Å². The van der Waals surface area contributed by atoms with Gasteiger partial charge in [-0.1, -0.05) is 15.9 Å². The summed E-state index contributed by atoms with van der Waals surface area (Å²) in [5, 5.41) is 9.08. The van der Waals surface area contributed by atoms with Crippen molar-refractivity contribution in [2.75, 3.05) is 5.75 Å². The largest absolute Gasteiger partial charge is 0.480 e. The Bertz CT molecular complexity index is 535. The zero-order chi connectivity index (χ0) is 14.2. The molecule has 6 heteroatoms. The van der Waals surface area contributed by atoms with E-state index in [2.05, 4.69) is 15.9 Å². The van der Waals surface area contributed by atoms with Crippen LogP contribution in [0.2, 0.25) is 0 Å². The second-order valence-corrected chi connectivity index (χ2v) is 6.72. The molecule has 1 N–H and O–H groups in total. The summed E-state index contributed by atoms with van der Waals surface area (Å²) in [7, 11) is 0. The first-order valence-corrected chi connectivity index (χ1v) is 7.69. The molecule has 1 heterocycles. The molecule has 0 aliphatic carbocycles. The lowest BCUT2D eigenvalue weighted by Gasteiger charge is -2.25. The Morgan fingerprint density at radius 3 is 2.74 bits per heavy atom. The van der Waals surface area contributed by atoms with E-state index in [9.17, 15) is 14.7 Å². The van der Waals surface area contributed by atoms with Crippen molar-refractivity contribution in [1.29, 1.82) is 0 Å². The summed E-state index contributed by atoms with van der Waals surface area (Å²) in [6.45, 7) is 3.71. The van der Waals surface area contributed by atoms with Crippen LogP contribution in [0, 0.1) is 6.92 Å². The number of nitrogens with zero attached hydrogens (tertiary/aromatic N) is 1. The van der Waals surface area contributed by atoms with Gasteiger partial charge in [0.1, 0.15) is 6.04 Å². The van der Waals surface area contributed by atoms with Gasteiger partial charge in [-0.25, -0.2) is 4.79 Å². The second kappa shape index (κ2) is 5.54. The number of carbonyl (C=O) groups excluding carboxylic acids is 1. The van der Waals surface area contributed by atoms with Crippen LogP contribution in [0.15, 0.2) is 22.7 Å². The molecule has 19 heavy (non-hydrogen) atoms. The van der Waals surface area contributed by atoms with Crippen LogP contribution in [-0.2, 0) is 4.79 Å². The van der Waals surface area contributed by atoms with Gasteiger partial charge in [0, 0.05) is 15.8 Å². The number of benzene rings is 1. The van der Waals surface area contributed by atoms with Crippen molar-refractivity contribution in [3.05, 3.63) is 33.8 Å². The van der Waals surface area contributed by atoms with Crippen LogP contribution in [0.25, 0.3) is 0 Å². The van der Waals surface area contributed by atoms with Crippen LogP contribution < -0.4 is 0 Å². The molecule has 1 aliphatic heterocycles. The molecule has 1 aromatic rings. The average molecular weight is 344 g/mol. The van der Waals surface area contributed by atoms with Crippen LogP contribution in [0.5, 0.6) is 0 Å². The number of thioether (sulfide) groups is 1. The summed E-state index contributed by atoms with van der Waals surface area (Å²) in [6, 6.07) is 4.65. The topological polar surface area (TPSA) is 57.6 Å². The zero-order valence-electron chi connectivity index (χ0n) is 10.6. The molecule has 0 bridgehead atoms. The molecule has 1 aromatic carbocycles. The fourth-order valence-electron chi connectivity index (χ4n) is 2.15. The first kappa shape index (κ1) is 14.4. The summed E-state index contributed by atoms with van der Waals surface area (Å²) in [6.07, 6.45) is 0. The number of carboxylic acids is 1. The van der Waals surface area contributed by atoms with E-state index >= 15 is 0 Å². The normalized spacial score (nSPS) is 22.6. The SMILES string of the molecule is Cc1cc(Br)ccc1C(=O)N1C(C)SCC1C(=O)O. The van der Waals surface area contributed by atoms with Crippen molar-refractivity contribution in [3.63, 3.8) is 0 Å². The van der Waals surface area contributed by atoms with Crippen molar-refractivity contribution < 1.29 is 14.7 Å². The third-order valence-electron chi connectivity index (χ3n) is 3.16. The number of rotatable bonds is 2. The number of hydrogen-bond donors (Lipinski definition) is 1. The molecule has 0 radical (unpaired) electrons. The van der Waals surface area contributed by atoms with Gasteiger partial charge < -0.3 is 10.0 Å². The third kappa shape index (κ3) is 2.79. The second-order valence-electron chi connectivity index (χ2n) is 4.46. The molecule has 102 valence electrons. The predicted molar refractivity (Wildman–Crippen MR) is 78.4 cm³/mol. The van der Waals surface area contributed by atoms with Crippen molar-refractivity contribution in [1.82, 2.24) is 4.90 Å². The van der Waals surface area contributed by atoms with Gasteiger partial charge in [-0.3, -0.25) is 4.79 Å². The highest BCUT2D eigenvalue weighted by Gasteiger charge is 2.40. The summed E-state index contributed by atoms with van der Waals surface area (Å²) < 4.78 is 0.903. The minimum atomic E-state index is -0.944. The molecule has 1 aliphatic rings. The van der Waals surface area contributed by atoms with Crippen LogP contribution in [0.1, 0.15) is 22.8 Å². The molecule has 1 amide bonds. The predicted octanol–water partition coefficient (Wildman–Crippen LogP) is 2.75. The lowest BCUT2D eigenvalue weighted by molar-refractivity contribution is -0.141. The first-order valence-electron chi connectivity index (χ1n) is 5.85. The summed E-state index contributed by atoms with van der Waals surface area (Å²) in [5.41, 5.74) is 1.40. The summed E-state index contributed by atoms with van der Waals surface area (Å²) in [5.74, 6) is -0.715. The molecule has 2 unspecified atom stereocenters. The molecule has 4 nitrogen and oxygen atoms in total. The molecular weight excluding hydrogens is 330 g/mol. The first-order chi connectivity index (χ1) is 8.91. The molecule has 0 aromatic heterocycles. The van der Waals surface area contributed by atoms with Crippen molar-refractivity contribution >= 4 is 39.6 Å². The Morgan fingerprint density at radius 1 is 1.47 bits per heavy atom. The van der Waals surface area contributed by atoms with E-state index in [1.165, 1.54) is 16.7 Å². The molecule has 1 fully saturated rings. The fourth-order valence-corrected chi connectivity index (χ4v) is 3.79. The maximum atomic E-state index is 12.5. The van der Waals surface area contributed by atoms with Gasteiger partial charge in [0.25, 0.3) is 5.91 Å².